The van der Waals surface area contributed by atoms with Crippen molar-refractivity contribution in [2.24, 2.45) is 0 Å². The molecule has 32 heavy (non-hydrogen) atoms. The van der Waals surface area contributed by atoms with Crippen LogP contribution in [-0.2, 0) is 11.2 Å². The first kappa shape index (κ1) is 21.7. The molecule has 1 unspecified atom stereocenters. The minimum absolute atomic E-state index is 0.0677. The summed E-state index contributed by atoms with van der Waals surface area (Å²) in [5.41, 5.74) is 0.130. The van der Waals surface area contributed by atoms with Crippen molar-refractivity contribution >= 4 is 5.69 Å². The molecule has 1 aromatic heterocycles. The fourth-order valence-corrected chi connectivity index (χ4v) is 3.09. The maximum atomic E-state index is 11.1. The number of benzene rings is 2. The summed E-state index contributed by atoms with van der Waals surface area (Å²) in [6.45, 7) is 1.23. The molecule has 0 aliphatic carbocycles. The number of hydrogen-bond acceptors (Lipinski definition) is 8. The number of nitrogens with zero attached hydrogens (tertiary/aromatic N) is 2. The molecule has 2 heterocycles. The molecule has 1 aliphatic heterocycles. The molecule has 1 saturated heterocycles. The van der Waals surface area contributed by atoms with Crippen LogP contribution in [0.2, 0.25) is 0 Å². The van der Waals surface area contributed by atoms with Crippen LogP contribution in [0, 0.1) is 10.1 Å². The number of nitrogens with one attached hydrogen (secondary N) is 1. The normalized spacial score (nSPS) is 18.0. The highest BCUT2D eigenvalue weighted by Crippen LogP contribution is 2.29. The number of aliphatic hydroxyl groups is 1. The molecule has 0 bridgehead atoms. The summed E-state index contributed by atoms with van der Waals surface area (Å²) in [7, 11) is 0. The molecule has 0 radical (unpaired) electrons. The third kappa shape index (κ3) is 5.79. The summed E-state index contributed by atoms with van der Waals surface area (Å²) in [6.07, 6.45) is 1.23. The van der Waals surface area contributed by atoms with Gasteiger partial charge in [0, 0.05) is 18.8 Å². The van der Waals surface area contributed by atoms with Crippen molar-refractivity contribution in [1.82, 2.24) is 10.3 Å². The van der Waals surface area contributed by atoms with Crippen LogP contribution in [0.25, 0.3) is 0 Å². The van der Waals surface area contributed by atoms with Gasteiger partial charge in [0.05, 0.1) is 17.6 Å². The number of aliphatic hydroxyl groups excluding tert-OH is 1. The van der Waals surface area contributed by atoms with Crippen molar-refractivity contribution in [2.45, 2.75) is 18.2 Å². The quantitative estimate of drug-likeness (QED) is 0.267. The van der Waals surface area contributed by atoms with Gasteiger partial charge in [0.1, 0.15) is 18.1 Å². The van der Waals surface area contributed by atoms with E-state index >= 15 is 0 Å². The Morgan fingerprint density at radius 2 is 1.88 bits per heavy atom. The summed E-state index contributed by atoms with van der Waals surface area (Å²) < 4.78 is 16.8. The third-order valence-corrected chi connectivity index (χ3v) is 4.92. The van der Waals surface area contributed by atoms with Gasteiger partial charge in [-0.25, -0.2) is 4.98 Å². The van der Waals surface area contributed by atoms with E-state index in [0.29, 0.717) is 31.9 Å². The van der Waals surface area contributed by atoms with Gasteiger partial charge in [-0.3, -0.25) is 15.4 Å². The Kier molecular flexibility index (Phi) is 6.60. The van der Waals surface area contributed by atoms with Gasteiger partial charge in [0.15, 0.2) is 5.72 Å². The van der Waals surface area contributed by atoms with Crippen molar-refractivity contribution in [3.05, 3.63) is 88.6 Å². The highest BCUT2D eigenvalue weighted by Gasteiger charge is 2.45. The molecule has 166 valence electrons. The van der Waals surface area contributed by atoms with E-state index in [0.717, 1.165) is 11.3 Å². The molecule has 1 aliphatic rings. The Hall–Kier alpha value is -3.53. The first-order valence-corrected chi connectivity index (χ1v) is 10.1. The number of rotatable bonds is 11. The van der Waals surface area contributed by atoms with E-state index in [1.54, 1.807) is 24.3 Å². The largest absolute Gasteiger partial charge is 0.489 e. The minimum Gasteiger partial charge on any atom is -0.489 e. The van der Waals surface area contributed by atoms with Gasteiger partial charge in [-0.15, -0.1) is 0 Å². The van der Waals surface area contributed by atoms with Crippen LogP contribution in [0.1, 0.15) is 5.56 Å². The Balaban J connectivity index is 1.25. The number of ether oxygens (including phenoxy) is 3. The molecule has 2 atom stereocenters. The van der Waals surface area contributed by atoms with Crippen LogP contribution in [0.4, 0.5) is 5.69 Å². The summed E-state index contributed by atoms with van der Waals surface area (Å²) in [5.74, 6) is 1.12. The average molecular weight is 437 g/mol. The topological polar surface area (TPSA) is 119 Å². The predicted octanol–water partition coefficient (Wildman–Crippen LogP) is 3.08. The van der Waals surface area contributed by atoms with Crippen molar-refractivity contribution in [1.29, 1.82) is 0 Å². The van der Waals surface area contributed by atoms with Crippen molar-refractivity contribution in [2.75, 3.05) is 19.8 Å². The summed E-state index contributed by atoms with van der Waals surface area (Å²) in [6, 6.07) is 19.3. The fourth-order valence-electron chi connectivity index (χ4n) is 3.09. The van der Waals surface area contributed by atoms with Crippen LogP contribution in [-0.4, -0.2) is 46.6 Å². The molecule has 4 rings (SSSR count). The number of epoxide rings is 1. The zero-order chi connectivity index (χ0) is 22.4. The lowest BCUT2D eigenvalue weighted by Crippen LogP contribution is -2.43. The van der Waals surface area contributed by atoms with Gasteiger partial charge in [0.2, 0.25) is 0 Å². The molecule has 0 spiro atoms. The lowest BCUT2D eigenvalue weighted by atomic mass is 10.1. The predicted molar refractivity (Wildman–Crippen MR) is 116 cm³/mol. The van der Waals surface area contributed by atoms with Crippen LogP contribution in [0.3, 0.4) is 0 Å². The first-order chi connectivity index (χ1) is 15.5. The van der Waals surface area contributed by atoms with Crippen molar-refractivity contribution < 1.29 is 24.2 Å². The number of para-hydroxylation sites is 1. The lowest BCUT2D eigenvalue weighted by molar-refractivity contribution is -0.386. The van der Waals surface area contributed by atoms with Gasteiger partial charge >= 0.3 is 5.69 Å². The van der Waals surface area contributed by atoms with Crippen LogP contribution >= 0.6 is 0 Å². The average Bonchev–Trinajstić information content (AvgIpc) is 3.59. The molecular weight excluding hydrogens is 414 g/mol. The van der Waals surface area contributed by atoms with Gasteiger partial charge in [-0.1, -0.05) is 30.3 Å². The number of nitro groups is 1. The van der Waals surface area contributed by atoms with Gasteiger partial charge in [-0.2, -0.15) is 0 Å². The summed E-state index contributed by atoms with van der Waals surface area (Å²) in [4.78, 5) is 14.5. The standard InChI is InChI=1S/C23H23N3O6/c27-18(14-25-23(16-31-23)15-30-19-5-2-1-3-6-19)13-17-8-10-20(11-9-17)32-22-21(26(28)29)7-4-12-24-22/h1-12,18,25,27H,13-16H2/t18-,23?/m1/s1. The highest BCUT2D eigenvalue weighted by molar-refractivity contribution is 5.43. The Labute approximate surface area is 184 Å². The molecule has 0 saturated carbocycles. The Bertz CT molecular complexity index is 1040. The minimum atomic E-state index is -0.628. The zero-order valence-electron chi connectivity index (χ0n) is 17.2. The van der Waals surface area contributed by atoms with Crippen LogP contribution < -0.4 is 14.8 Å². The van der Waals surface area contributed by atoms with E-state index in [1.165, 1.54) is 18.3 Å². The first-order valence-electron chi connectivity index (χ1n) is 10.1. The number of hydrogen-bond donors (Lipinski definition) is 2. The maximum absolute atomic E-state index is 11.1. The van der Waals surface area contributed by atoms with Gasteiger partial charge in [0.25, 0.3) is 5.88 Å². The second kappa shape index (κ2) is 9.73. The van der Waals surface area contributed by atoms with Crippen LogP contribution in [0.15, 0.2) is 72.9 Å². The van der Waals surface area contributed by atoms with Crippen molar-refractivity contribution in [3.8, 4) is 17.4 Å². The second-order valence-electron chi connectivity index (χ2n) is 7.45. The molecular formula is C23H23N3O6. The summed E-state index contributed by atoms with van der Waals surface area (Å²) >= 11 is 0. The van der Waals surface area contributed by atoms with E-state index in [2.05, 4.69) is 10.3 Å². The van der Waals surface area contributed by atoms with Gasteiger partial charge in [-0.05, 0) is 42.3 Å². The molecule has 0 amide bonds. The zero-order valence-corrected chi connectivity index (χ0v) is 17.2. The monoisotopic (exact) mass is 437 g/mol. The summed E-state index contributed by atoms with van der Waals surface area (Å²) in [5, 5.41) is 24.7. The SMILES string of the molecule is O=[N+]([O-])c1cccnc1Oc1ccc(C[C@@H](O)CNC2(COc3ccccc3)CO2)cc1. The smallest absolute Gasteiger partial charge is 0.331 e. The molecule has 9 heteroatoms. The van der Waals surface area contributed by atoms with Crippen molar-refractivity contribution in [3.63, 3.8) is 0 Å². The Morgan fingerprint density at radius 3 is 2.56 bits per heavy atom. The van der Waals surface area contributed by atoms with E-state index in [9.17, 15) is 15.2 Å². The third-order valence-electron chi connectivity index (χ3n) is 4.92. The second-order valence-corrected chi connectivity index (χ2v) is 7.45. The van der Waals surface area contributed by atoms with E-state index < -0.39 is 16.8 Å². The fraction of sp³-hybridized carbons (Fsp3) is 0.261. The van der Waals surface area contributed by atoms with E-state index in [4.69, 9.17) is 14.2 Å². The molecule has 9 nitrogen and oxygen atoms in total. The molecule has 2 N–H and O–H groups in total. The Morgan fingerprint density at radius 1 is 1.12 bits per heavy atom. The number of aromatic nitrogens is 1. The lowest BCUT2D eigenvalue weighted by Gasteiger charge is -2.18. The van der Waals surface area contributed by atoms with Crippen LogP contribution in [0.5, 0.6) is 17.4 Å². The highest BCUT2D eigenvalue weighted by atomic mass is 16.6. The molecule has 3 aromatic rings. The maximum Gasteiger partial charge on any atom is 0.331 e. The van der Waals surface area contributed by atoms with E-state index in [-0.39, 0.29) is 11.6 Å². The number of pyridine rings is 1. The molecule has 2 aromatic carbocycles. The molecule has 1 fully saturated rings. The van der Waals surface area contributed by atoms with Gasteiger partial charge < -0.3 is 19.3 Å². The van der Waals surface area contributed by atoms with E-state index in [1.807, 2.05) is 30.3 Å².